The number of benzene rings is 1. The fourth-order valence-electron chi connectivity index (χ4n) is 1.71. The summed E-state index contributed by atoms with van der Waals surface area (Å²) >= 11 is 5.35. The molecule has 2 aromatic heterocycles. The van der Waals surface area contributed by atoms with Crippen LogP contribution in [-0.4, -0.2) is 4.57 Å². The lowest BCUT2D eigenvalue weighted by molar-refractivity contribution is 1.13. The van der Waals surface area contributed by atoms with Gasteiger partial charge in [-0.05, 0) is 39.5 Å². The van der Waals surface area contributed by atoms with Crippen LogP contribution in [0.3, 0.4) is 0 Å². The molecule has 1 nitrogen and oxygen atoms in total. The molecule has 3 heteroatoms. The van der Waals surface area contributed by atoms with Gasteiger partial charge in [-0.3, -0.25) is 0 Å². The summed E-state index contributed by atoms with van der Waals surface area (Å²) in [6.45, 7) is 0. The molecule has 0 radical (unpaired) electrons. The number of rotatable bonds is 1. The van der Waals surface area contributed by atoms with Crippen LogP contribution >= 0.6 is 27.3 Å². The zero-order valence-corrected chi connectivity index (χ0v) is 10.3. The molecule has 0 saturated heterocycles. The van der Waals surface area contributed by atoms with Gasteiger partial charge >= 0.3 is 0 Å². The van der Waals surface area contributed by atoms with Gasteiger partial charge in [0.15, 0.2) is 0 Å². The van der Waals surface area contributed by atoms with Gasteiger partial charge in [0.25, 0.3) is 0 Å². The number of thiophene rings is 1. The van der Waals surface area contributed by atoms with Gasteiger partial charge in [0.05, 0.1) is 14.7 Å². The van der Waals surface area contributed by atoms with E-state index in [1.165, 1.54) is 15.9 Å². The number of halogens is 1. The van der Waals surface area contributed by atoms with Crippen molar-refractivity contribution < 1.29 is 0 Å². The minimum atomic E-state index is 1.16. The monoisotopic (exact) mass is 277 g/mol. The van der Waals surface area contributed by atoms with Crippen molar-refractivity contribution in [3.63, 3.8) is 0 Å². The molecule has 0 atom stereocenters. The zero-order valence-electron chi connectivity index (χ0n) is 7.85. The van der Waals surface area contributed by atoms with Crippen molar-refractivity contribution in [1.82, 2.24) is 4.57 Å². The number of para-hydroxylation sites is 1. The first-order valence-electron chi connectivity index (χ1n) is 4.66. The molecule has 2 heterocycles. The Morgan fingerprint density at radius 3 is 2.67 bits per heavy atom. The Labute approximate surface area is 100 Å². The second-order valence-corrected chi connectivity index (χ2v) is 5.09. The SMILES string of the molecule is Brc1cn(-c2ccccc2)c2ccsc12. The van der Waals surface area contributed by atoms with Crippen LogP contribution in [0.2, 0.25) is 0 Å². The number of hydrogen-bond acceptors (Lipinski definition) is 1. The van der Waals surface area contributed by atoms with E-state index >= 15 is 0 Å². The first kappa shape index (κ1) is 9.19. The van der Waals surface area contributed by atoms with Gasteiger partial charge in [0.1, 0.15) is 0 Å². The average molecular weight is 278 g/mol. The first-order chi connectivity index (χ1) is 7.36. The Hall–Kier alpha value is -1.06. The zero-order chi connectivity index (χ0) is 10.3. The van der Waals surface area contributed by atoms with E-state index in [0.29, 0.717) is 0 Å². The van der Waals surface area contributed by atoms with E-state index in [1.54, 1.807) is 11.3 Å². The fraction of sp³-hybridized carbons (Fsp3) is 0. The van der Waals surface area contributed by atoms with Gasteiger partial charge in [-0.25, -0.2) is 0 Å². The molecule has 3 rings (SSSR count). The third-order valence-electron chi connectivity index (χ3n) is 2.40. The molecule has 0 aliphatic heterocycles. The van der Waals surface area contributed by atoms with Crippen molar-refractivity contribution in [1.29, 1.82) is 0 Å². The smallest absolute Gasteiger partial charge is 0.0667 e. The third-order valence-corrected chi connectivity index (χ3v) is 4.20. The van der Waals surface area contributed by atoms with Crippen molar-refractivity contribution in [2.75, 3.05) is 0 Å². The molecule has 0 fully saturated rings. The van der Waals surface area contributed by atoms with Gasteiger partial charge < -0.3 is 4.57 Å². The molecule has 0 saturated carbocycles. The first-order valence-corrected chi connectivity index (χ1v) is 6.33. The predicted molar refractivity (Wildman–Crippen MR) is 68.9 cm³/mol. The molecule has 74 valence electrons. The highest BCUT2D eigenvalue weighted by Gasteiger charge is 2.08. The average Bonchev–Trinajstić information content (AvgIpc) is 2.84. The van der Waals surface area contributed by atoms with E-state index in [1.807, 2.05) is 6.07 Å². The van der Waals surface area contributed by atoms with Gasteiger partial charge in [0.2, 0.25) is 0 Å². The van der Waals surface area contributed by atoms with E-state index in [9.17, 15) is 0 Å². The van der Waals surface area contributed by atoms with Gasteiger partial charge in [-0.15, -0.1) is 11.3 Å². The second-order valence-electron chi connectivity index (χ2n) is 3.32. The minimum Gasteiger partial charge on any atom is -0.315 e. The molecule has 0 aliphatic rings. The number of nitrogens with zero attached hydrogens (tertiary/aromatic N) is 1. The predicted octanol–water partition coefficient (Wildman–Crippen LogP) is 4.45. The standard InChI is InChI=1S/C12H8BrNS/c13-10-8-14(9-4-2-1-3-5-9)11-6-7-15-12(10)11/h1-8H. The maximum atomic E-state index is 3.58. The Bertz CT molecular complexity index is 594. The number of aromatic nitrogens is 1. The molecule has 0 bridgehead atoms. The van der Waals surface area contributed by atoms with Crippen LogP contribution in [0.15, 0.2) is 52.4 Å². The van der Waals surface area contributed by atoms with Crippen LogP contribution in [0.4, 0.5) is 0 Å². The lowest BCUT2D eigenvalue weighted by atomic mass is 10.3. The van der Waals surface area contributed by atoms with E-state index in [4.69, 9.17) is 0 Å². The Morgan fingerprint density at radius 1 is 1.07 bits per heavy atom. The molecular formula is C12H8BrNS. The molecule has 0 spiro atoms. The summed E-state index contributed by atoms with van der Waals surface area (Å²) in [5.74, 6) is 0. The summed E-state index contributed by atoms with van der Waals surface area (Å²) in [7, 11) is 0. The van der Waals surface area contributed by atoms with E-state index < -0.39 is 0 Å². The second kappa shape index (κ2) is 3.51. The van der Waals surface area contributed by atoms with Crippen molar-refractivity contribution in [2.24, 2.45) is 0 Å². The van der Waals surface area contributed by atoms with Crippen LogP contribution in [0.1, 0.15) is 0 Å². The molecule has 0 N–H and O–H groups in total. The normalized spacial score (nSPS) is 11.0. The van der Waals surface area contributed by atoms with Gasteiger partial charge in [0, 0.05) is 11.9 Å². The van der Waals surface area contributed by atoms with E-state index in [-0.39, 0.29) is 0 Å². The van der Waals surface area contributed by atoms with E-state index in [2.05, 4.69) is 62.4 Å². The topological polar surface area (TPSA) is 4.93 Å². The van der Waals surface area contributed by atoms with E-state index in [0.717, 1.165) is 4.47 Å². The summed E-state index contributed by atoms with van der Waals surface area (Å²) in [5.41, 5.74) is 2.46. The third kappa shape index (κ3) is 1.43. The molecule has 0 aliphatic carbocycles. The molecule has 15 heavy (non-hydrogen) atoms. The number of fused-ring (bicyclic) bond motifs is 1. The molecule has 0 unspecified atom stereocenters. The van der Waals surface area contributed by atoms with Crippen molar-refractivity contribution in [2.45, 2.75) is 0 Å². The minimum absolute atomic E-state index is 1.16. The van der Waals surface area contributed by atoms with Crippen LogP contribution in [-0.2, 0) is 0 Å². The summed E-state index contributed by atoms with van der Waals surface area (Å²) < 4.78 is 4.67. The van der Waals surface area contributed by atoms with Crippen molar-refractivity contribution in [3.8, 4) is 5.69 Å². The quantitative estimate of drug-likeness (QED) is 0.619. The van der Waals surface area contributed by atoms with Crippen LogP contribution in [0.5, 0.6) is 0 Å². The molecule has 1 aromatic carbocycles. The van der Waals surface area contributed by atoms with Crippen LogP contribution < -0.4 is 0 Å². The van der Waals surface area contributed by atoms with Crippen molar-refractivity contribution in [3.05, 3.63) is 52.4 Å². The summed E-state index contributed by atoms with van der Waals surface area (Å²) in [5, 5.41) is 2.12. The fourth-order valence-corrected chi connectivity index (χ4v) is 3.19. The highest BCUT2D eigenvalue weighted by molar-refractivity contribution is 9.10. The molecule has 0 amide bonds. The van der Waals surface area contributed by atoms with Gasteiger partial charge in [-0.1, -0.05) is 18.2 Å². The largest absolute Gasteiger partial charge is 0.315 e. The summed E-state index contributed by atoms with van der Waals surface area (Å²) in [6, 6.07) is 12.5. The van der Waals surface area contributed by atoms with Crippen LogP contribution in [0, 0.1) is 0 Å². The lowest BCUT2D eigenvalue weighted by Gasteiger charge is -2.02. The molecule has 3 aromatic rings. The maximum absolute atomic E-state index is 3.58. The summed E-state index contributed by atoms with van der Waals surface area (Å²) in [6.07, 6.45) is 2.12. The summed E-state index contributed by atoms with van der Waals surface area (Å²) in [4.78, 5) is 0. The number of hydrogen-bond donors (Lipinski definition) is 0. The Balaban J connectivity index is 2.32. The Morgan fingerprint density at radius 2 is 1.87 bits per heavy atom. The van der Waals surface area contributed by atoms with Crippen LogP contribution in [0.25, 0.3) is 15.9 Å². The maximum Gasteiger partial charge on any atom is 0.0667 e. The molecular weight excluding hydrogens is 270 g/mol. The lowest BCUT2D eigenvalue weighted by Crippen LogP contribution is -1.89. The highest BCUT2D eigenvalue weighted by Crippen LogP contribution is 2.32. The highest BCUT2D eigenvalue weighted by atomic mass is 79.9. The Kier molecular flexibility index (Phi) is 2.15. The van der Waals surface area contributed by atoms with Crippen molar-refractivity contribution >= 4 is 37.5 Å². The van der Waals surface area contributed by atoms with Gasteiger partial charge in [-0.2, -0.15) is 0 Å².